The summed E-state index contributed by atoms with van der Waals surface area (Å²) in [5.74, 6) is 0.348. The number of anilines is 1. The van der Waals surface area contributed by atoms with Crippen LogP contribution in [0.2, 0.25) is 10.0 Å². The molecular weight excluding hydrogens is 471 g/mol. The van der Waals surface area contributed by atoms with Crippen molar-refractivity contribution in [3.05, 3.63) is 87.9 Å². The highest BCUT2D eigenvalue weighted by molar-refractivity contribution is 7.92. The Morgan fingerprint density at radius 3 is 2.59 bits per heavy atom. The Morgan fingerprint density at radius 2 is 1.84 bits per heavy atom. The number of sulfonamides is 1. The third-order valence-electron chi connectivity index (χ3n) is 5.06. The van der Waals surface area contributed by atoms with Gasteiger partial charge in [0.25, 0.3) is 15.9 Å². The maximum absolute atomic E-state index is 12.9. The van der Waals surface area contributed by atoms with Crippen LogP contribution in [-0.4, -0.2) is 25.3 Å². The standard InChI is InChI=1S/C23H20Cl2N2O4S/c1-15-23(28)27(13-16-5-2-3-8-21(16)25)14-17-11-19(9-10-22(17)31-15)26-32(29,30)20-7-4-6-18(24)12-20/h2-12,15,26H,13-14H2,1H3. The van der Waals surface area contributed by atoms with Gasteiger partial charge in [-0.25, -0.2) is 8.42 Å². The van der Waals surface area contributed by atoms with Crippen LogP contribution in [0.3, 0.4) is 0 Å². The third kappa shape index (κ3) is 4.85. The molecule has 0 aromatic heterocycles. The molecule has 1 aliphatic rings. The quantitative estimate of drug-likeness (QED) is 0.539. The van der Waals surface area contributed by atoms with Gasteiger partial charge in [0.05, 0.1) is 4.90 Å². The van der Waals surface area contributed by atoms with Gasteiger partial charge < -0.3 is 9.64 Å². The summed E-state index contributed by atoms with van der Waals surface area (Å²) in [7, 11) is -3.83. The summed E-state index contributed by atoms with van der Waals surface area (Å²) in [5, 5.41) is 0.896. The highest BCUT2D eigenvalue weighted by Crippen LogP contribution is 2.31. The summed E-state index contributed by atoms with van der Waals surface area (Å²) in [4.78, 5) is 14.6. The van der Waals surface area contributed by atoms with Crippen molar-refractivity contribution in [3.63, 3.8) is 0 Å². The summed E-state index contributed by atoms with van der Waals surface area (Å²) >= 11 is 12.2. The van der Waals surface area contributed by atoms with Crippen LogP contribution < -0.4 is 9.46 Å². The van der Waals surface area contributed by atoms with Gasteiger partial charge in [-0.15, -0.1) is 0 Å². The van der Waals surface area contributed by atoms with Crippen LogP contribution in [0.5, 0.6) is 5.75 Å². The number of nitrogens with zero attached hydrogens (tertiary/aromatic N) is 1. The Bertz CT molecular complexity index is 1280. The molecule has 9 heteroatoms. The van der Waals surface area contributed by atoms with E-state index in [1.807, 2.05) is 18.2 Å². The van der Waals surface area contributed by atoms with Crippen molar-refractivity contribution in [2.45, 2.75) is 31.0 Å². The first kappa shape index (κ1) is 22.5. The van der Waals surface area contributed by atoms with Crippen LogP contribution in [-0.2, 0) is 27.9 Å². The van der Waals surface area contributed by atoms with Crippen LogP contribution in [0.25, 0.3) is 0 Å². The van der Waals surface area contributed by atoms with Crippen molar-refractivity contribution in [2.24, 2.45) is 0 Å². The first-order chi connectivity index (χ1) is 15.2. The molecule has 0 radical (unpaired) electrons. The summed E-state index contributed by atoms with van der Waals surface area (Å²) < 4.78 is 33.9. The molecule has 4 rings (SSSR count). The molecular formula is C23H20Cl2N2O4S. The van der Waals surface area contributed by atoms with Crippen LogP contribution in [0.4, 0.5) is 5.69 Å². The summed E-state index contributed by atoms with van der Waals surface area (Å²) in [6, 6.07) is 18.3. The summed E-state index contributed by atoms with van der Waals surface area (Å²) in [6.07, 6.45) is -0.687. The Labute approximate surface area is 196 Å². The third-order valence-corrected chi connectivity index (χ3v) is 7.05. The fourth-order valence-electron chi connectivity index (χ4n) is 3.48. The Balaban J connectivity index is 1.62. The van der Waals surface area contributed by atoms with Crippen molar-refractivity contribution in [3.8, 4) is 5.75 Å². The molecule has 3 aromatic carbocycles. The molecule has 32 heavy (non-hydrogen) atoms. The smallest absolute Gasteiger partial charge is 0.263 e. The van der Waals surface area contributed by atoms with E-state index in [0.717, 1.165) is 5.56 Å². The number of carbonyl (C=O) groups excluding carboxylic acids is 1. The fourth-order valence-corrected chi connectivity index (χ4v) is 5.02. The van der Waals surface area contributed by atoms with Crippen molar-refractivity contribution in [1.82, 2.24) is 4.90 Å². The summed E-state index contributed by atoms with van der Waals surface area (Å²) in [6.45, 7) is 2.24. The zero-order chi connectivity index (χ0) is 22.9. The van der Waals surface area contributed by atoms with Gasteiger partial charge in [0.1, 0.15) is 5.75 Å². The van der Waals surface area contributed by atoms with Crippen LogP contribution >= 0.6 is 23.2 Å². The number of hydrogen-bond donors (Lipinski definition) is 1. The average molecular weight is 491 g/mol. The van der Waals surface area contributed by atoms with Gasteiger partial charge in [-0.2, -0.15) is 0 Å². The number of ether oxygens (including phenoxy) is 1. The largest absolute Gasteiger partial charge is 0.481 e. The van der Waals surface area contributed by atoms with E-state index in [-0.39, 0.29) is 17.3 Å². The van der Waals surface area contributed by atoms with Crippen molar-refractivity contribution in [2.75, 3.05) is 4.72 Å². The molecule has 0 spiro atoms. The van der Waals surface area contributed by atoms with E-state index in [1.54, 1.807) is 48.2 Å². The zero-order valence-electron chi connectivity index (χ0n) is 17.1. The average Bonchev–Trinajstić information content (AvgIpc) is 2.86. The predicted octanol–water partition coefficient (Wildman–Crippen LogP) is 5.10. The molecule has 6 nitrogen and oxygen atoms in total. The number of hydrogen-bond acceptors (Lipinski definition) is 4. The lowest BCUT2D eigenvalue weighted by Gasteiger charge is -2.22. The highest BCUT2D eigenvalue weighted by Gasteiger charge is 2.28. The van der Waals surface area contributed by atoms with E-state index in [0.29, 0.717) is 33.6 Å². The normalized spacial score (nSPS) is 16.2. The molecule has 0 saturated heterocycles. The van der Waals surface area contributed by atoms with E-state index < -0.39 is 16.1 Å². The maximum atomic E-state index is 12.9. The second kappa shape index (κ2) is 9.02. The van der Waals surface area contributed by atoms with E-state index in [9.17, 15) is 13.2 Å². The molecule has 0 bridgehead atoms. The molecule has 166 valence electrons. The minimum absolute atomic E-state index is 0.0559. The maximum Gasteiger partial charge on any atom is 0.263 e. The minimum Gasteiger partial charge on any atom is -0.481 e. The lowest BCUT2D eigenvalue weighted by molar-refractivity contribution is -0.138. The number of benzene rings is 3. The molecule has 1 amide bonds. The molecule has 0 saturated carbocycles. The van der Waals surface area contributed by atoms with Gasteiger partial charge >= 0.3 is 0 Å². The second-order valence-corrected chi connectivity index (χ2v) is 9.96. The van der Waals surface area contributed by atoms with E-state index >= 15 is 0 Å². The van der Waals surface area contributed by atoms with Gasteiger partial charge in [-0.1, -0.05) is 47.5 Å². The summed E-state index contributed by atoms with van der Waals surface area (Å²) in [5.41, 5.74) is 1.85. The lowest BCUT2D eigenvalue weighted by atomic mass is 10.1. The molecule has 0 aliphatic carbocycles. The Morgan fingerprint density at radius 1 is 1.06 bits per heavy atom. The second-order valence-electron chi connectivity index (χ2n) is 7.43. The molecule has 0 fully saturated rings. The first-order valence-corrected chi connectivity index (χ1v) is 12.1. The molecule has 1 atom stereocenters. The SMILES string of the molecule is CC1Oc2ccc(NS(=O)(=O)c3cccc(Cl)c3)cc2CN(Cc2ccccc2Cl)C1=O. The van der Waals surface area contributed by atoms with Gasteiger partial charge in [-0.05, 0) is 55.0 Å². The number of nitrogens with one attached hydrogen (secondary N) is 1. The Kier molecular flexibility index (Phi) is 6.33. The van der Waals surface area contributed by atoms with E-state index in [1.165, 1.54) is 12.1 Å². The number of carbonyl (C=O) groups is 1. The minimum atomic E-state index is -3.83. The first-order valence-electron chi connectivity index (χ1n) is 9.83. The van der Waals surface area contributed by atoms with E-state index in [2.05, 4.69) is 4.72 Å². The van der Waals surface area contributed by atoms with Crippen molar-refractivity contribution >= 4 is 44.8 Å². The Hall–Kier alpha value is -2.74. The van der Waals surface area contributed by atoms with Gasteiger partial charge in [0, 0.05) is 34.4 Å². The molecule has 1 unspecified atom stereocenters. The highest BCUT2D eigenvalue weighted by atomic mass is 35.5. The zero-order valence-corrected chi connectivity index (χ0v) is 19.4. The molecule has 1 aliphatic heterocycles. The number of amides is 1. The van der Waals surface area contributed by atoms with Crippen molar-refractivity contribution in [1.29, 1.82) is 0 Å². The monoisotopic (exact) mass is 490 g/mol. The van der Waals surface area contributed by atoms with Crippen molar-refractivity contribution < 1.29 is 17.9 Å². The van der Waals surface area contributed by atoms with E-state index in [4.69, 9.17) is 27.9 Å². The van der Waals surface area contributed by atoms with Crippen LogP contribution in [0.1, 0.15) is 18.1 Å². The van der Waals surface area contributed by atoms with Gasteiger partial charge in [0.15, 0.2) is 6.10 Å². The lowest BCUT2D eigenvalue weighted by Crippen LogP contribution is -2.37. The molecule has 1 N–H and O–H groups in total. The molecule has 3 aromatic rings. The van der Waals surface area contributed by atoms with Gasteiger partial charge in [-0.3, -0.25) is 9.52 Å². The topological polar surface area (TPSA) is 75.7 Å². The fraction of sp³-hybridized carbons (Fsp3) is 0.174. The van der Waals surface area contributed by atoms with Crippen LogP contribution in [0, 0.1) is 0 Å². The predicted molar refractivity (Wildman–Crippen MR) is 124 cm³/mol. The molecule has 1 heterocycles. The number of fused-ring (bicyclic) bond motifs is 1. The van der Waals surface area contributed by atoms with Gasteiger partial charge in [0.2, 0.25) is 0 Å². The van der Waals surface area contributed by atoms with Crippen LogP contribution in [0.15, 0.2) is 71.6 Å². The number of halogens is 2. The number of rotatable bonds is 5.